The van der Waals surface area contributed by atoms with Gasteiger partial charge in [-0.15, -0.1) is 0 Å². The van der Waals surface area contributed by atoms with Gasteiger partial charge in [0.2, 0.25) is 0 Å². The van der Waals surface area contributed by atoms with E-state index in [4.69, 9.17) is 14.5 Å². The van der Waals surface area contributed by atoms with E-state index in [1.165, 1.54) is 116 Å². The molecule has 0 fully saturated rings. The number of pyridine rings is 1. The summed E-state index contributed by atoms with van der Waals surface area (Å²) in [6.07, 6.45) is 30.8. The van der Waals surface area contributed by atoms with Crippen LogP contribution in [-0.4, -0.2) is 18.2 Å². The summed E-state index contributed by atoms with van der Waals surface area (Å²) in [5.41, 5.74) is 3.03. The summed E-state index contributed by atoms with van der Waals surface area (Å²) in [4.78, 5) is 4.81. The SMILES string of the molecule is CCCCCCCCCCCCOc1ccc(C=Cc2ccc3ccccc3n2)c(OCCCCCCCCCCCC)c1. The van der Waals surface area contributed by atoms with Crippen molar-refractivity contribution in [3.05, 3.63) is 65.9 Å². The van der Waals surface area contributed by atoms with E-state index < -0.39 is 0 Å². The Hall–Kier alpha value is -2.81. The van der Waals surface area contributed by atoms with Crippen LogP contribution in [0, 0.1) is 0 Å². The Bertz CT molecular complexity index is 1170. The first kappa shape index (κ1) is 35.7. The molecule has 0 atom stereocenters. The molecule has 1 aromatic heterocycles. The second-order valence-corrected chi connectivity index (χ2v) is 12.5. The summed E-state index contributed by atoms with van der Waals surface area (Å²) in [5.74, 6) is 1.80. The summed E-state index contributed by atoms with van der Waals surface area (Å²) in [7, 11) is 0. The van der Waals surface area contributed by atoms with Crippen molar-refractivity contribution in [1.29, 1.82) is 0 Å². The maximum Gasteiger partial charge on any atom is 0.130 e. The molecular formula is C41H61NO2. The lowest BCUT2D eigenvalue weighted by atomic mass is 10.1. The maximum absolute atomic E-state index is 6.36. The van der Waals surface area contributed by atoms with Gasteiger partial charge in [0, 0.05) is 17.0 Å². The van der Waals surface area contributed by atoms with E-state index in [9.17, 15) is 0 Å². The summed E-state index contributed by atoms with van der Waals surface area (Å²) >= 11 is 0. The van der Waals surface area contributed by atoms with Gasteiger partial charge in [0.1, 0.15) is 11.5 Å². The third-order valence-electron chi connectivity index (χ3n) is 8.56. The molecule has 0 aliphatic rings. The summed E-state index contributed by atoms with van der Waals surface area (Å²) in [6, 6.07) is 18.8. The van der Waals surface area contributed by atoms with Gasteiger partial charge in [0.05, 0.1) is 24.4 Å². The van der Waals surface area contributed by atoms with Crippen LogP contribution < -0.4 is 9.47 Å². The highest BCUT2D eigenvalue weighted by Crippen LogP contribution is 2.28. The summed E-state index contributed by atoms with van der Waals surface area (Å²) < 4.78 is 12.5. The van der Waals surface area contributed by atoms with Gasteiger partial charge in [-0.1, -0.05) is 154 Å². The highest BCUT2D eigenvalue weighted by Gasteiger charge is 2.06. The Balaban J connectivity index is 1.45. The van der Waals surface area contributed by atoms with Crippen molar-refractivity contribution in [3.8, 4) is 11.5 Å². The second-order valence-electron chi connectivity index (χ2n) is 12.5. The molecule has 3 heteroatoms. The number of fused-ring (bicyclic) bond motifs is 1. The van der Waals surface area contributed by atoms with Crippen LogP contribution in [0.25, 0.3) is 23.1 Å². The van der Waals surface area contributed by atoms with E-state index in [0.29, 0.717) is 0 Å². The average Bonchev–Trinajstić information content (AvgIpc) is 3.05. The molecule has 0 saturated carbocycles. The molecule has 242 valence electrons. The van der Waals surface area contributed by atoms with Crippen LogP contribution in [0.3, 0.4) is 0 Å². The summed E-state index contributed by atoms with van der Waals surface area (Å²) in [5, 5.41) is 1.16. The van der Waals surface area contributed by atoms with Crippen LogP contribution >= 0.6 is 0 Å². The molecule has 1 heterocycles. The van der Waals surface area contributed by atoms with Gasteiger partial charge in [0.15, 0.2) is 0 Å². The number of unbranched alkanes of at least 4 members (excludes halogenated alkanes) is 18. The zero-order valence-corrected chi connectivity index (χ0v) is 28.2. The van der Waals surface area contributed by atoms with E-state index >= 15 is 0 Å². The minimum Gasteiger partial charge on any atom is -0.493 e. The van der Waals surface area contributed by atoms with Crippen molar-refractivity contribution in [1.82, 2.24) is 4.98 Å². The lowest BCUT2D eigenvalue weighted by molar-refractivity contribution is 0.289. The van der Waals surface area contributed by atoms with Crippen molar-refractivity contribution in [2.75, 3.05) is 13.2 Å². The number of aromatic nitrogens is 1. The fraction of sp³-hybridized carbons (Fsp3) is 0.585. The minimum atomic E-state index is 0.744. The number of para-hydroxylation sites is 1. The summed E-state index contributed by atoms with van der Waals surface area (Å²) in [6.45, 7) is 6.08. The number of benzene rings is 2. The lowest BCUT2D eigenvalue weighted by Gasteiger charge is -2.13. The smallest absolute Gasteiger partial charge is 0.130 e. The van der Waals surface area contributed by atoms with Gasteiger partial charge in [-0.05, 0) is 49.3 Å². The number of hydrogen-bond donors (Lipinski definition) is 0. The first-order valence-electron chi connectivity index (χ1n) is 18.2. The molecule has 0 N–H and O–H groups in total. The van der Waals surface area contributed by atoms with Gasteiger partial charge in [-0.2, -0.15) is 0 Å². The molecule has 0 spiro atoms. The van der Waals surface area contributed by atoms with Gasteiger partial charge < -0.3 is 9.47 Å². The standard InChI is InChI=1S/C41H61NO2/c1-3-5-7-9-11-13-15-17-19-23-33-43-39-32-29-37(28-31-38-30-27-36-25-21-22-26-40(36)42-38)41(35-39)44-34-24-20-18-16-14-12-10-8-6-4-2/h21-22,25-32,35H,3-20,23-24,33-34H2,1-2H3. The van der Waals surface area contributed by atoms with Crippen LogP contribution in [0.5, 0.6) is 11.5 Å². The van der Waals surface area contributed by atoms with E-state index in [1.807, 2.05) is 6.07 Å². The first-order chi connectivity index (χ1) is 21.8. The Labute approximate surface area is 269 Å². The van der Waals surface area contributed by atoms with Crippen molar-refractivity contribution >= 4 is 23.1 Å². The van der Waals surface area contributed by atoms with Crippen molar-refractivity contribution < 1.29 is 9.47 Å². The van der Waals surface area contributed by atoms with Crippen LogP contribution in [-0.2, 0) is 0 Å². The Morgan fingerprint density at radius 3 is 1.68 bits per heavy atom. The zero-order valence-electron chi connectivity index (χ0n) is 28.2. The number of hydrogen-bond acceptors (Lipinski definition) is 3. The predicted octanol–water partition coefficient (Wildman–Crippen LogP) is 13.0. The van der Waals surface area contributed by atoms with Gasteiger partial charge in [-0.3, -0.25) is 0 Å². The fourth-order valence-electron chi connectivity index (χ4n) is 5.77. The average molecular weight is 600 g/mol. The molecule has 0 aliphatic carbocycles. The monoisotopic (exact) mass is 599 g/mol. The van der Waals surface area contributed by atoms with Crippen LogP contribution in [0.4, 0.5) is 0 Å². The topological polar surface area (TPSA) is 31.4 Å². The normalized spacial score (nSPS) is 11.5. The molecule has 0 unspecified atom stereocenters. The van der Waals surface area contributed by atoms with Crippen molar-refractivity contribution in [2.24, 2.45) is 0 Å². The Morgan fingerprint density at radius 2 is 1.07 bits per heavy atom. The van der Waals surface area contributed by atoms with E-state index in [1.54, 1.807) is 0 Å². The number of nitrogens with zero attached hydrogens (tertiary/aromatic N) is 1. The third kappa shape index (κ3) is 15.3. The van der Waals surface area contributed by atoms with Crippen LogP contribution in [0.1, 0.15) is 154 Å². The molecule has 0 aliphatic heterocycles. The molecule has 3 aromatic rings. The van der Waals surface area contributed by atoms with Crippen molar-refractivity contribution in [3.63, 3.8) is 0 Å². The molecule has 0 saturated heterocycles. The molecule has 0 radical (unpaired) electrons. The quantitative estimate of drug-likeness (QED) is 0.0860. The first-order valence-corrected chi connectivity index (χ1v) is 18.2. The van der Waals surface area contributed by atoms with Gasteiger partial charge in [-0.25, -0.2) is 4.98 Å². The van der Waals surface area contributed by atoms with E-state index in [-0.39, 0.29) is 0 Å². The van der Waals surface area contributed by atoms with Crippen LogP contribution in [0.2, 0.25) is 0 Å². The van der Waals surface area contributed by atoms with E-state index in [0.717, 1.165) is 59.7 Å². The molecule has 44 heavy (non-hydrogen) atoms. The van der Waals surface area contributed by atoms with Gasteiger partial charge >= 0.3 is 0 Å². The maximum atomic E-state index is 6.36. The Morgan fingerprint density at radius 1 is 0.523 bits per heavy atom. The van der Waals surface area contributed by atoms with Gasteiger partial charge in [0.25, 0.3) is 0 Å². The highest BCUT2D eigenvalue weighted by atomic mass is 16.5. The Kier molecular flexibility index (Phi) is 19.1. The zero-order chi connectivity index (χ0) is 30.9. The fourth-order valence-corrected chi connectivity index (χ4v) is 5.77. The van der Waals surface area contributed by atoms with E-state index in [2.05, 4.69) is 74.5 Å². The predicted molar refractivity (Wildman–Crippen MR) is 192 cm³/mol. The molecule has 0 bridgehead atoms. The molecule has 0 amide bonds. The molecule has 2 aromatic carbocycles. The molecule has 3 nitrogen and oxygen atoms in total. The molecule has 3 rings (SSSR count). The highest BCUT2D eigenvalue weighted by molar-refractivity contribution is 5.81. The minimum absolute atomic E-state index is 0.744. The third-order valence-corrected chi connectivity index (χ3v) is 8.56. The van der Waals surface area contributed by atoms with Crippen LogP contribution in [0.15, 0.2) is 54.6 Å². The van der Waals surface area contributed by atoms with Crippen molar-refractivity contribution in [2.45, 2.75) is 142 Å². The largest absolute Gasteiger partial charge is 0.493 e. The second kappa shape index (κ2) is 23.6. The number of rotatable bonds is 26. The lowest BCUT2D eigenvalue weighted by Crippen LogP contribution is -2.01. The molecular weight excluding hydrogens is 538 g/mol. The number of ether oxygens (including phenoxy) is 2.